The molecule has 20 heavy (non-hydrogen) atoms. The van der Waals surface area contributed by atoms with E-state index in [0.29, 0.717) is 5.69 Å². The zero-order valence-electron chi connectivity index (χ0n) is 11.2. The van der Waals surface area contributed by atoms with E-state index in [1.165, 1.54) is 6.92 Å². The average molecular weight is 273 g/mol. The Morgan fingerprint density at radius 3 is 2.70 bits per heavy atom. The number of nitrogens with zero attached hydrogens (tertiary/aromatic N) is 1. The predicted octanol–water partition coefficient (Wildman–Crippen LogP) is 1.40. The Morgan fingerprint density at radius 2 is 2.15 bits per heavy atom. The molecule has 0 fully saturated rings. The minimum Gasteiger partial charge on any atom is -0.480 e. The molecule has 1 unspecified atom stereocenters. The largest absolute Gasteiger partial charge is 0.480 e. The Kier molecular flexibility index (Phi) is 5.30. The Hall–Kier alpha value is -2.81. The monoisotopic (exact) mass is 273 g/mol. The molecule has 0 aliphatic heterocycles. The van der Waals surface area contributed by atoms with Crippen LogP contribution < -0.4 is 10.6 Å². The third kappa shape index (κ3) is 4.46. The Bertz CT molecular complexity index is 588. The molecule has 6 heteroatoms. The highest BCUT2D eigenvalue weighted by molar-refractivity contribution is 6.06. The highest BCUT2D eigenvalue weighted by atomic mass is 16.4. The van der Waals surface area contributed by atoms with Gasteiger partial charge < -0.3 is 15.7 Å². The van der Waals surface area contributed by atoms with Crippen molar-refractivity contribution in [1.82, 2.24) is 5.32 Å². The third-order valence-corrected chi connectivity index (χ3v) is 2.49. The summed E-state index contributed by atoms with van der Waals surface area (Å²) >= 11 is 0. The van der Waals surface area contributed by atoms with Gasteiger partial charge in [0.2, 0.25) is 0 Å². The van der Waals surface area contributed by atoms with Crippen molar-refractivity contribution >= 4 is 17.6 Å². The van der Waals surface area contributed by atoms with Gasteiger partial charge in [0.25, 0.3) is 5.91 Å². The van der Waals surface area contributed by atoms with Crippen molar-refractivity contribution in [3.63, 3.8) is 0 Å². The zero-order chi connectivity index (χ0) is 15.1. The number of carbonyl (C=O) groups is 2. The fraction of sp³-hybridized carbons (Fsp3) is 0.214. The van der Waals surface area contributed by atoms with Crippen LogP contribution >= 0.6 is 0 Å². The lowest BCUT2D eigenvalue weighted by Crippen LogP contribution is -2.30. The molecule has 1 rings (SSSR count). The molecule has 6 nitrogen and oxygen atoms in total. The number of anilines is 1. The van der Waals surface area contributed by atoms with Crippen LogP contribution in [0.25, 0.3) is 0 Å². The predicted molar refractivity (Wildman–Crippen MR) is 73.7 cm³/mol. The standard InChI is InChI=1S/C14H15N3O3/c1-9-4-3-5-12(6-9)17-13(18)11(7-15)8-16-10(2)14(19)20/h3-6,8,10,16H,1-2H3,(H,17,18)(H,19,20)/b11-8-. The zero-order valence-corrected chi connectivity index (χ0v) is 11.2. The minimum atomic E-state index is -1.07. The molecule has 0 aliphatic carbocycles. The van der Waals surface area contributed by atoms with Crippen LogP contribution in [0.1, 0.15) is 12.5 Å². The van der Waals surface area contributed by atoms with Crippen LogP contribution in [0.4, 0.5) is 5.69 Å². The van der Waals surface area contributed by atoms with Gasteiger partial charge in [-0.2, -0.15) is 5.26 Å². The molecule has 0 saturated heterocycles. The fourth-order valence-corrected chi connectivity index (χ4v) is 1.35. The summed E-state index contributed by atoms with van der Waals surface area (Å²) in [5.41, 5.74) is 1.35. The molecule has 0 saturated carbocycles. The van der Waals surface area contributed by atoms with Crippen molar-refractivity contribution in [1.29, 1.82) is 5.26 Å². The SMILES string of the molecule is Cc1cccc(NC(=O)/C(C#N)=C\NC(C)C(=O)O)c1. The van der Waals surface area contributed by atoms with Crippen molar-refractivity contribution in [3.05, 3.63) is 41.6 Å². The first-order valence-corrected chi connectivity index (χ1v) is 5.91. The van der Waals surface area contributed by atoms with Gasteiger partial charge in [-0.05, 0) is 31.5 Å². The van der Waals surface area contributed by atoms with Crippen LogP contribution in [-0.4, -0.2) is 23.0 Å². The molecule has 1 atom stereocenters. The van der Waals surface area contributed by atoms with Crippen LogP contribution in [0.2, 0.25) is 0 Å². The Balaban J connectivity index is 2.75. The number of hydrogen-bond donors (Lipinski definition) is 3. The number of amides is 1. The molecular weight excluding hydrogens is 258 g/mol. The summed E-state index contributed by atoms with van der Waals surface area (Å²) in [4.78, 5) is 22.5. The van der Waals surface area contributed by atoms with Crippen molar-refractivity contribution in [2.24, 2.45) is 0 Å². The molecule has 0 bridgehead atoms. The second-order valence-corrected chi connectivity index (χ2v) is 4.22. The highest BCUT2D eigenvalue weighted by Gasteiger charge is 2.12. The molecule has 0 spiro atoms. The molecule has 3 N–H and O–H groups in total. The summed E-state index contributed by atoms with van der Waals surface area (Å²) in [5, 5.41) is 22.6. The summed E-state index contributed by atoms with van der Waals surface area (Å²) < 4.78 is 0. The van der Waals surface area contributed by atoms with Crippen LogP contribution in [-0.2, 0) is 9.59 Å². The lowest BCUT2D eigenvalue weighted by atomic mass is 10.2. The number of carboxylic acids is 1. The van der Waals surface area contributed by atoms with E-state index < -0.39 is 17.9 Å². The van der Waals surface area contributed by atoms with Gasteiger partial charge >= 0.3 is 5.97 Å². The van der Waals surface area contributed by atoms with Crippen LogP contribution in [0.15, 0.2) is 36.0 Å². The van der Waals surface area contributed by atoms with Crippen molar-refractivity contribution in [3.8, 4) is 6.07 Å². The van der Waals surface area contributed by atoms with Gasteiger partial charge in [-0.25, -0.2) is 0 Å². The molecule has 1 aromatic rings. The van der Waals surface area contributed by atoms with Gasteiger partial charge in [-0.3, -0.25) is 9.59 Å². The van der Waals surface area contributed by atoms with E-state index in [-0.39, 0.29) is 5.57 Å². The van der Waals surface area contributed by atoms with E-state index in [2.05, 4.69) is 10.6 Å². The summed E-state index contributed by atoms with van der Waals surface area (Å²) in [6, 6.07) is 7.97. The maximum absolute atomic E-state index is 11.8. The number of rotatable bonds is 5. The van der Waals surface area contributed by atoms with Gasteiger partial charge in [0.1, 0.15) is 17.7 Å². The second-order valence-electron chi connectivity index (χ2n) is 4.22. The van der Waals surface area contributed by atoms with Gasteiger partial charge in [0.15, 0.2) is 0 Å². The maximum atomic E-state index is 11.8. The molecule has 0 aromatic heterocycles. The first-order chi connectivity index (χ1) is 9.43. The Labute approximate surface area is 116 Å². The lowest BCUT2D eigenvalue weighted by Gasteiger charge is -2.07. The molecule has 104 valence electrons. The van der Waals surface area contributed by atoms with Crippen LogP contribution in [0.3, 0.4) is 0 Å². The summed E-state index contributed by atoms with van der Waals surface area (Å²) in [7, 11) is 0. The topological polar surface area (TPSA) is 102 Å². The number of hydrogen-bond acceptors (Lipinski definition) is 4. The molecular formula is C14H15N3O3. The van der Waals surface area contributed by atoms with Gasteiger partial charge in [0.05, 0.1) is 0 Å². The van der Waals surface area contributed by atoms with Crippen molar-refractivity contribution in [2.75, 3.05) is 5.32 Å². The van der Waals surface area contributed by atoms with Crippen molar-refractivity contribution in [2.45, 2.75) is 19.9 Å². The molecule has 0 aliphatic rings. The fourth-order valence-electron chi connectivity index (χ4n) is 1.35. The van der Waals surface area contributed by atoms with Crippen LogP contribution in [0, 0.1) is 18.3 Å². The third-order valence-electron chi connectivity index (χ3n) is 2.49. The number of nitriles is 1. The molecule has 0 heterocycles. The van der Waals surface area contributed by atoms with Gasteiger partial charge in [-0.1, -0.05) is 12.1 Å². The molecule has 0 radical (unpaired) electrons. The normalized spacial score (nSPS) is 12.2. The van der Waals surface area contributed by atoms with E-state index in [1.54, 1.807) is 24.3 Å². The smallest absolute Gasteiger partial charge is 0.325 e. The summed E-state index contributed by atoms with van der Waals surface area (Å²) in [5.74, 6) is -1.67. The van der Waals surface area contributed by atoms with Gasteiger partial charge in [0, 0.05) is 11.9 Å². The molecule has 1 aromatic carbocycles. The first-order valence-electron chi connectivity index (χ1n) is 5.91. The summed E-state index contributed by atoms with van der Waals surface area (Å²) in [6.07, 6.45) is 1.10. The van der Waals surface area contributed by atoms with Crippen LogP contribution in [0.5, 0.6) is 0 Å². The number of carboxylic acid groups (broad SMARTS) is 1. The number of aryl methyl sites for hydroxylation is 1. The van der Waals surface area contributed by atoms with Gasteiger partial charge in [-0.15, -0.1) is 0 Å². The highest BCUT2D eigenvalue weighted by Crippen LogP contribution is 2.10. The first kappa shape index (κ1) is 15.2. The number of nitrogens with one attached hydrogen (secondary N) is 2. The number of carbonyl (C=O) groups excluding carboxylic acids is 1. The number of aliphatic carboxylic acids is 1. The lowest BCUT2D eigenvalue weighted by molar-refractivity contribution is -0.138. The minimum absolute atomic E-state index is 0.195. The summed E-state index contributed by atoms with van der Waals surface area (Å²) in [6.45, 7) is 3.29. The van der Waals surface area contributed by atoms with E-state index in [9.17, 15) is 9.59 Å². The van der Waals surface area contributed by atoms with E-state index in [1.807, 2.05) is 13.0 Å². The van der Waals surface area contributed by atoms with E-state index >= 15 is 0 Å². The second kappa shape index (κ2) is 6.95. The average Bonchev–Trinajstić information content (AvgIpc) is 2.38. The maximum Gasteiger partial charge on any atom is 0.325 e. The number of benzene rings is 1. The van der Waals surface area contributed by atoms with E-state index in [0.717, 1.165) is 11.8 Å². The quantitative estimate of drug-likeness (QED) is 0.556. The molecule has 1 amide bonds. The Morgan fingerprint density at radius 1 is 1.45 bits per heavy atom. The van der Waals surface area contributed by atoms with E-state index in [4.69, 9.17) is 10.4 Å². The van der Waals surface area contributed by atoms with Crippen molar-refractivity contribution < 1.29 is 14.7 Å².